The summed E-state index contributed by atoms with van der Waals surface area (Å²) in [6.07, 6.45) is 8.42. The molecule has 0 aromatic carbocycles. The highest BCUT2D eigenvalue weighted by molar-refractivity contribution is 5.83. The molecule has 0 fully saturated rings. The first-order valence-electron chi connectivity index (χ1n) is 5.38. The number of hydrogen-bond donors (Lipinski definition) is 0. The summed E-state index contributed by atoms with van der Waals surface area (Å²) in [4.78, 5) is 4.44. The first-order chi connectivity index (χ1) is 6.54. The number of allylic oxidation sites excluding steroid dienone is 3. The molecule has 0 bridgehead atoms. The monoisotopic (exact) mass is 193 g/mol. The Labute approximate surface area is 88.6 Å². The maximum Gasteiger partial charge on any atom is 0.0572 e. The van der Waals surface area contributed by atoms with E-state index >= 15 is 0 Å². The molecule has 0 aromatic rings. The van der Waals surface area contributed by atoms with E-state index in [0.717, 1.165) is 6.54 Å². The molecule has 1 nitrogen and oxygen atoms in total. The van der Waals surface area contributed by atoms with E-state index in [4.69, 9.17) is 0 Å². The third kappa shape index (κ3) is 7.78. The molecule has 1 heteroatoms. The average Bonchev–Trinajstić information content (AvgIpc) is 2.09. The lowest BCUT2D eigenvalue weighted by Gasteiger charge is -2.01. The second-order valence-electron chi connectivity index (χ2n) is 4.19. The van der Waals surface area contributed by atoms with E-state index in [-0.39, 0.29) is 0 Å². The molecule has 0 saturated carbocycles. The largest absolute Gasteiger partial charge is 0.290 e. The fraction of sp³-hybridized carbons (Fsp3) is 0.615. The number of nitrogens with zero attached hydrogens (tertiary/aromatic N) is 1. The van der Waals surface area contributed by atoms with Crippen molar-refractivity contribution >= 4 is 5.71 Å². The second kappa shape index (κ2) is 7.54. The average molecular weight is 193 g/mol. The Hall–Kier alpha value is -0.850. The van der Waals surface area contributed by atoms with Gasteiger partial charge < -0.3 is 0 Å². The van der Waals surface area contributed by atoms with Crippen molar-refractivity contribution in [2.24, 2.45) is 16.8 Å². The van der Waals surface area contributed by atoms with Gasteiger partial charge in [0.1, 0.15) is 0 Å². The van der Waals surface area contributed by atoms with Crippen LogP contribution in [-0.4, -0.2) is 12.3 Å². The van der Waals surface area contributed by atoms with Crippen molar-refractivity contribution in [2.75, 3.05) is 6.54 Å². The maximum absolute atomic E-state index is 4.44. The highest BCUT2D eigenvalue weighted by Crippen LogP contribution is 1.96. The van der Waals surface area contributed by atoms with Crippen molar-refractivity contribution in [1.82, 2.24) is 0 Å². The summed E-state index contributed by atoms with van der Waals surface area (Å²) in [5.41, 5.74) is 1.22. The highest BCUT2D eigenvalue weighted by atomic mass is 14.7. The van der Waals surface area contributed by atoms with Crippen molar-refractivity contribution in [1.29, 1.82) is 0 Å². The van der Waals surface area contributed by atoms with Gasteiger partial charge in [-0.25, -0.2) is 0 Å². The summed E-state index contributed by atoms with van der Waals surface area (Å²) in [5, 5.41) is 0. The zero-order valence-corrected chi connectivity index (χ0v) is 10.1. The summed E-state index contributed by atoms with van der Waals surface area (Å²) < 4.78 is 0. The van der Waals surface area contributed by atoms with E-state index in [0.29, 0.717) is 11.8 Å². The molecule has 0 N–H and O–H groups in total. The minimum absolute atomic E-state index is 0.564. The van der Waals surface area contributed by atoms with Crippen LogP contribution in [0.15, 0.2) is 29.3 Å². The molecule has 0 saturated heterocycles. The Bertz CT molecular complexity index is 219. The van der Waals surface area contributed by atoms with Gasteiger partial charge in [-0.1, -0.05) is 52.0 Å². The molecular weight excluding hydrogens is 170 g/mol. The lowest BCUT2D eigenvalue weighted by atomic mass is 10.1. The molecule has 0 spiro atoms. The van der Waals surface area contributed by atoms with Crippen LogP contribution in [0.4, 0.5) is 0 Å². The molecule has 0 radical (unpaired) electrons. The van der Waals surface area contributed by atoms with Gasteiger partial charge in [0.2, 0.25) is 0 Å². The Morgan fingerprint density at radius 1 is 1.14 bits per heavy atom. The van der Waals surface area contributed by atoms with E-state index < -0.39 is 0 Å². The van der Waals surface area contributed by atoms with Crippen LogP contribution in [0.2, 0.25) is 0 Å². The summed E-state index contributed by atoms with van der Waals surface area (Å²) in [6.45, 7) is 11.6. The van der Waals surface area contributed by atoms with Gasteiger partial charge in [-0.15, -0.1) is 0 Å². The van der Waals surface area contributed by atoms with Crippen molar-refractivity contribution in [3.63, 3.8) is 0 Å². The van der Waals surface area contributed by atoms with E-state index in [9.17, 15) is 0 Å². The predicted molar refractivity (Wildman–Crippen MR) is 65.9 cm³/mol. The fourth-order valence-electron chi connectivity index (χ4n) is 0.805. The first-order valence-corrected chi connectivity index (χ1v) is 5.38. The molecule has 0 atom stereocenters. The predicted octanol–water partition coefficient (Wildman–Crippen LogP) is 3.87. The quantitative estimate of drug-likeness (QED) is 0.464. The Morgan fingerprint density at radius 3 is 2.29 bits per heavy atom. The summed E-state index contributed by atoms with van der Waals surface area (Å²) in [7, 11) is 0. The molecule has 0 aromatic heterocycles. The van der Waals surface area contributed by atoms with Gasteiger partial charge in [-0.3, -0.25) is 4.99 Å². The lowest BCUT2D eigenvalue weighted by Crippen LogP contribution is -2.01. The van der Waals surface area contributed by atoms with Crippen molar-refractivity contribution in [2.45, 2.75) is 34.6 Å². The van der Waals surface area contributed by atoms with Crippen LogP contribution in [0.25, 0.3) is 0 Å². The van der Waals surface area contributed by atoms with E-state index in [1.165, 1.54) is 5.71 Å². The van der Waals surface area contributed by atoms with Gasteiger partial charge in [0, 0.05) is 5.71 Å². The Morgan fingerprint density at radius 2 is 1.79 bits per heavy atom. The van der Waals surface area contributed by atoms with Crippen molar-refractivity contribution in [3.05, 3.63) is 24.3 Å². The maximum atomic E-state index is 4.44. The molecule has 0 aliphatic heterocycles. The van der Waals surface area contributed by atoms with Crippen LogP contribution >= 0.6 is 0 Å². The molecule has 0 amide bonds. The van der Waals surface area contributed by atoms with Crippen LogP contribution < -0.4 is 0 Å². The summed E-state index contributed by atoms with van der Waals surface area (Å²) in [5.74, 6) is 1.19. The molecule has 0 rings (SSSR count). The summed E-state index contributed by atoms with van der Waals surface area (Å²) in [6, 6.07) is 0. The number of hydrogen-bond acceptors (Lipinski definition) is 1. The molecule has 0 unspecified atom stereocenters. The van der Waals surface area contributed by atoms with Gasteiger partial charge in [-0.05, 0) is 18.8 Å². The smallest absolute Gasteiger partial charge is 0.0572 e. The molecule has 14 heavy (non-hydrogen) atoms. The first kappa shape index (κ1) is 13.2. The molecular formula is C13H23N. The standard InChI is InChI=1S/C13H23N/c1-11(2)9-7-6-8-10-14-13(5)12(3)4/h6-9,11-12H,10H2,1-5H3/b8-6-,9-7-,14-13+. The highest BCUT2D eigenvalue weighted by Gasteiger charge is 1.94. The third-order valence-electron chi connectivity index (χ3n) is 2.02. The van der Waals surface area contributed by atoms with Crippen molar-refractivity contribution < 1.29 is 0 Å². The van der Waals surface area contributed by atoms with E-state index in [1.807, 2.05) is 0 Å². The fourth-order valence-corrected chi connectivity index (χ4v) is 0.805. The minimum Gasteiger partial charge on any atom is -0.290 e. The van der Waals surface area contributed by atoms with Crippen LogP contribution in [-0.2, 0) is 0 Å². The minimum atomic E-state index is 0.564. The van der Waals surface area contributed by atoms with E-state index in [2.05, 4.69) is 63.9 Å². The van der Waals surface area contributed by atoms with Gasteiger partial charge in [0.25, 0.3) is 0 Å². The number of aliphatic imine (C=N–C) groups is 1. The van der Waals surface area contributed by atoms with Gasteiger partial charge in [0.05, 0.1) is 6.54 Å². The lowest BCUT2D eigenvalue weighted by molar-refractivity contribution is 0.832. The van der Waals surface area contributed by atoms with Crippen LogP contribution in [0.3, 0.4) is 0 Å². The molecule has 0 heterocycles. The van der Waals surface area contributed by atoms with Crippen LogP contribution in [0.5, 0.6) is 0 Å². The van der Waals surface area contributed by atoms with Gasteiger partial charge >= 0.3 is 0 Å². The molecule has 0 aliphatic rings. The van der Waals surface area contributed by atoms with Gasteiger partial charge in [0.15, 0.2) is 0 Å². The SMILES string of the molecule is C/C(=N\C/C=C\C=C/C(C)C)C(C)C. The zero-order valence-electron chi connectivity index (χ0n) is 10.1. The third-order valence-corrected chi connectivity index (χ3v) is 2.02. The van der Waals surface area contributed by atoms with Crippen LogP contribution in [0, 0.1) is 11.8 Å². The Kier molecular flexibility index (Phi) is 7.09. The Balaban J connectivity index is 3.79. The molecule has 0 aliphatic carbocycles. The molecule has 80 valence electrons. The van der Waals surface area contributed by atoms with Crippen LogP contribution in [0.1, 0.15) is 34.6 Å². The zero-order chi connectivity index (χ0) is 11.0. The normalized spacial score (nSPS) is 14.1. The second-order valence-corrected chi connectivity index (χ2v) is 4.19. The topological polar surface area (TPSA) is 12.4 Å². The van der Waals surface area contributed by atoms with Crippen molar-refractivity contribution in [3.8, 4) is 0 Å². The number of rotatable bonds is 5. The van der Waals surface area contributed by atoms with Gasteiger partial charge in [-0.2, -0.15) is 0 Å². The summed E-state index contributed by atoms with van der Waals surface area (Å²) >= 11 is 0. The van der Waals surface area contributed by atoms with E-state index in [1.54, 1.807) is 0 Å².